The summed E-state index contributed by atoms with van der Waals surface area (Å²) in [5.74, 6) is -0.167. The number of hydrogen-bond acceptors (Lipinski definition) is 7. The topological polar surface area (TPSA) is 103 Å². The number of β-amino-alcohol motifs (C(OH)–C–C–N with tert-alkyl or cyclic N) is 1. The number of carbonyl (C=O) groups is 1. The van der Waals surface area contributed by atoms with Gasteiger partial charge in [0.1, 0.15) is 11.3 Å². The molecule has 0 radical (unpaired) electrons. The first-order valence-corrected chi connectivity index (χ1v) is 10.9. The van der Waals surface area contributed by atoms with E-state index in [9.17, 15) is 19.8 Å². The summed E-state index contributed by atoms with van der Waals surface area (Å²) in [6, 6.07) is 11.6. The minimum atomic E-state index is -0.438. The van der Waals surface area contributed by atoms with Crippen LogP contribution in [0, 0.1) is 6.92 Å². The van der Waals surface area contributed by atoms with Crippen LogP contribution in [0.3, 0.4) is 0 Å². The smallest absolute Gasteiger partial charge is 0.336 e. The number of fused-ring (bicyclic) bond motifs is 1. The summed E-state index contributed by atoms with van der Waals surface area (Å²) in [5, 5.41) is 20.3. The van der Waals surface area contributed by atoms with Crippen molar-refractivity contribution in [3.8, 4) is 5.75 Å². The Morgan fingerprint density at radius 2 is 2.00 bits per heavy atom. The Bertz CT molecular complexity index is 1310. The molecule has 0 saturated carbocycles. The van der Waals surface area contributed by atoms with Gasteiger partial charge in [-0.3, -0.25) is 9.69 Å². The van der Waals surface area contributed by atoms with Gasteiger partial charge in [0, 0.05) is 17.5 Å². The van der Waals surface area contributed by atoms with E-state index >= 15 is 0 Å². The molecule has 0 unspecified atom stereocenters. The first-order valence-electron chi connectivity index (χ1n) is 9.29. The number of aryl methyl sites for hydroxylation is 1. The lowest BCUT2D eigenvalue weighted by molar-refractivity contribution is -0.122. The first kappa shape index (κ1) is 21.4. The highest BCUT2D eigenvalue weighted by molar-refractivity contribution is 9.10. The van der Waals surface area contributed by atoms with E-state index in [2.05, 4.69) is 20.9 Å². The maximum absolute atomic E-state index is 12.9. The zero-order valence-electron chi connectivity index (χ0n) is 16.3. The Balaban J connectivity index is 1.72. The lowest BCUT2D eigenvalue weighted by Gasteiger charge is -2.13. The van der Waals surface area contributed by atoms with E-state index in [0.717, 1.165) is 16.5 Å². The van der Waals surface area contributed by atoms with E-state index in [1.165, 1.54) is 28.8 Å². The maximum Gasteiger partial charge on any atom is 0.336 e. The third kappa shape index (κ3) is 4.43. The second-order valence-electron chi connectivity index (χ2n) is 6.83. The molecular weight excluding hydrogens is 484 g/mol. The zero-order valence-corrected chi connectivity index (χ0v) is 18.7. The molecule has 0 atom stereocenters. The van der Waals surface area contributed by atoms with Crippen LogP contribution >= 0.6 is 27.7 Å². The number of amidine groups is 1. The number of carbonyl (C=O) groups excluding carboxylic acids is 1. The zero-order chi connectivity index (χ0) is 22.1. The lowest BCUT2D eigenvalue weighted by Crippen LogP contribution is -2.31. The van der Waals surface area contributed by atoms with Gasteiger partial charge in [0.15, 0.2) is 5.17 Å². The normalized spacial score (nSPS) is 16.7. The fourth-order valence-electron chi connectivity index (χ4n) is 3.15. The summed E-state index contributed by atoms with van der Waals surface area (Å²) in [6.07, 6.45) is 1.70. The number of hydrogen-bond donors (Lipinski definition) is 2. The standard InChI is InChI=1S/C22H17BrN2O5S/c1-12-8-20(28)30-18-11-14(3-4-15(12)18)24-22-25(6-7-26)21(29)19(31-22)10-13-2-5-17(27)16(23)9-13/h2-5,8-11,26-27H,6-7H2,1H3/b19-10-,24-22?. The fourth-order valence-corrected chi connectivity index (χ4v) is 4.57. The summed E-state index contributed by atoms with van der Waals surface area (Å²) in [5.41, 5.74) is 2.04. The number of aliphatic hydroxyl groups excluding tert-OH is 1. The number of halogens is 1. The van der Waals surface area contributed by atoms with Crippen LogP contribution in [-0.4, -0.2) is 39.3 Å². The molecule has 1 aliphatic rings. The molecule has 0 spiro atoms. The van der Waals surface area contributed by atoms with Crippen molar-refractivity contribution in [2.45, 2.75) is 6.92 Å². The fraction of sp³-hybridized carbons (Fsp3) is 0.136. The molecule has 0 bridgehead atoms. The van der Waals surface area contributed by atoms with Gasteiger partial charge in [0.05, 0.1) is 28.2 Å². The number of nitrogens with zero attached hydrogens (tertiary/aromatic N) is 2. The second-order valence-corrected chi connectivity index (χ2v) is 8.69. The molecule has 4 rings (SSSR count). The molecule has 31 heavy (non-hydrogen) atoms. The van der Waals surface area contributed by atoms with Crippen molar-refractivity contribution in [1.29, 1.82) is 0 Å². The lowest BCUT2D eigenvalue weighted by atomic mass is 10.1. The SMILES string of the molecule is Cc1cc(=O)oc2cc(N=C3S/C(=C\c4ccc(O)c(Br)c4)C(=O)N3CCO)ccc12. The van der Waals surface area contributed by atoms with Gasteiger partial charge in [-0.25, -0.2) is 9.79 Å². The van der Waals surface area contributed by atoms with Crippen LogP contribution in [0.2, 0.25) is 0 Å². The average molecular weight is 501 g/mol. The molecule has 2 N–H and O–H groups in total. The number of rotatable bonds is 4. The highest BCUT2D eigenvalue weighted by Gasteiger charge is 2.33. The molecule has 0 aliphatic carbocycles. The number of benzene rings is 2. The van der Waals surface area contributed by atoms with E-state index in [1.807, 2.05) is 13.0 Å². The van der Waals surface area contributed by atoms with Crippen LogP contribution in [0.5, 0.6) is 5.75 Å². The maximum atomic E-state index is 12.9. The molecule has 3 aromatic rings. The van der Waals surface area contributed by atoms with Crippen molar-refractivity contribution in [2.75, 3.05) is 13.2 Å². The predicted octanol–water partition coefficient (Wildman–Crippen LogP) is 4.17. The van der Waals surface area contributed by atoms with Gasteiger partial charge in [0.2, 0.25) is 0 Å². The van der Waals surface area contributed by atoms with Crippen LogP contribution in [0.4, 0.5) is 5.69 Å². The number of aliphatic imine (C=N–C) groups is 1. The second kappa shape index (κ2) is 8.70. The highest BCUT2D eigenvalue weighted by atomic mass is 79.9. The average Bonchev–Trinajstić information content (AvgIpc) is 2.99. The predicted molar refractivity (Wildman–Crippen MR) is 124 cm³/mol. The molecule has 158 valence electrons. The van der Waals surface area contributed by atoms with Crippen molar-refractivity contribution >= 4 is 61.5 Å². The van der Waals surface area contributed by atoms with E-state index in [-0.39, 0.29) is 24.8 Å². The third-order valence-corrected chi connectivity index (χ3v) is 6.28. The number of thioether (sulfide) groups is 1. The van der Waals surface area contributed by atoms with E-state index in [0.29, 0.717) is 25.8 Å². The quantitative estimate of drug-likeness (QED) is 0.411. The van der Waals surface area contributed by atoms with Gasteiger partial charge in [0.25, 0.3) is 5.91 Å². The third-order valence-electron chi connectivity index (χ3n) is 4.64. The Morgan fingerprint density at radius 1 is 1.19 bits per heavy atom. The van der Waals surface area contributed by atoms with Crippen molar-refractivity contribution in [3.05, 3.63) is 73.4 Å². The van der Waals surface area contributed by atoms with Crippen molar-refractivity contribution in [3.63, 3.8) is 0 Å². The molecule has 2 heterocycles. The van der Waals surface area contributed by atoms with Crippen LogP contribution < -0.4 is 5.63 Å². The van der Waals surface area contributed by atoms with Crippen LogP contribution in [0.25, 0.3) is 17.0 Å². The van der Waals surface area contributed by atoms with Gasteiger partial charge in [-0.15, -0.1) is 0 Å². The molecule has 1 aromatic heterocycles. The molecule has 9 heteroatoms. The molecule has 7 nitrogen and oxygen atoms in total. The number of aliphatic hydroxyl groups is 1. The van der Waals surface area contributed by atoms with Gasteiger partial charge in [-0.05, 0) is 76.1 Å². The molecule has 1 fully saturated rings. The summed E-state index contributed by atoms with van der Waals surface area (Å²) in [7, 11) is 0. The Labute approximate surface area is 189 Å². The highest BCUT2D eigenvalue weighted by Crippen LogP contribution is 2.35. The monoisotopic (exact) mass is 500 g/mol. The minimum absolute atomic E-state index is 0.100. The Hall–Kier alpha value is -2.88. The Morgan fingerprint density at radius 3 is 2.74 bits per heavy atom. The molecule has 1 amide bonds. The van der Waals surface area contributed by atoms with Crippen molar-refractivity contribution < 1.29 is 19.4 Å². The van der Waals surface area contributed by atoms with Gasteiger partial charge >= 0.3 is 5.63 Å². The summed E-state index contributed by atoms with van der Waals surface area (Å²) in [6.45, 7) is 1.72. The van der Waals surface area contributed by atoms with Crippen LogP contribution in [0.1, 0.15) is 11.1 Å². The van der Waals surface area contributed by atoms with Gasteiger partial charge in [-0.1, -0.05) is 6.07 Å². The molecule has 2 aromatic carbocycles. The molecular formula is C22H17BrN2O5S. The minimum Gasteiger partial charge on any atom is -0.507 e. The molecule has 1 aliphatic heterocycles. The molecule has 1 saturated heterocycles. The van der Waals surface area contributed by atoms with Crippen LogP contribution in [-0.2, 0) is 4.79 Å². The number of phenols is 1. The van der Waals surface area contributed by atoms with E-state index < -0.39 is 5.63 Å². The largest absolute Gasteiger partial charge is 0.507 e. The number of amides is 1. The summed E-state index contributed by atoms with van der Waals surface area (Å²) in [4.78, 5) is 31.0. The Kier molecular flexibility index (Phi) is 5.99. The van der Waals surface area contributed by atoms with Crippen LogP contribution in [0.15, 0.2) is 66.0 Å². The van der Waals surface area contributed by atoms with E-state index in [4.69, 9.17) is 4.42 Å². The van der Waals surface area contributed by atoms with E-state index in [1.54, 1.807) is 30.3 Å². The number of aromatic hydroxyl groups is 1. The van der Waals surface area contributed by atoms with Gasteiger partial charge < -0.3 is 14.6 Å². The van der Waals surface area contributed by atoms with Crippen molar-refractivity contribution in [2.24, 2.45) is 4.99 Å². The first-order chi connectivity index (χ1) is 14.9. The summed E-state index contributed by atoms with van der Waals surface area (Å²) < 4.78 is 5.80. The number of phenolic OH excluding ortho intramolecular Hbond substituents is 1. The summed E-state index contributed by atoms with van der Waals surface area (Å²) >= 11 is 4.45. The van der Waals surface area contributed by atoms with Gasteiger partial charge in [-0.2, -0.15) is 0 Å². The van der Waals surface area contributed by atoms with Crippen molar-refractivity contribution in [1.82, 2.24) is 4.90 Å².